The van der Waals surface area contributed by atoms with E-state index in [9.17, 15) is 4.79 Å². The van der Waals surface area contributed by atoms with E-state index in [1.54, 1.807) is 31.2 Å². The molecule has 0 bridgehead atoms. The number of benzene rings is 1. The average Bonchev–Trinajstić information content (AvgIpc) is 2.18. The summed E-state index contributed by atoms with van der Waals surface area (Å²) < 4.78 is 0. The largest absolute Gasteiger partial charge is 0.398 e. The molecule has 0 aromatic heterocycles. The van der Waals surface area contributed by atoms with Gasteiger partial charge in [0, 0.05) is 11.7 Å². The molecule has 1 aromatic rings. The molecule has 0 aliphatic heterocycles. The van der Waals surface area contributed by atoms with Crippen molar-refractivity contribution in [2.75, 3.05) is 12.3 Å². The molecule has 0 aliphatic rings. The molecule has 1 rings (SSSR count). The van der Waals surface area contributed by atoms with Crippen molar-refractivity contribution in [3.05, 3.63) is 29.8 Å². The second kappa shape index (κ2) is 4.62. The maximum absolute atomic E-state index is 11.5. The monoisotopic (exact) mass is 194 g/mol. The first-order valence-corrected chi connectivity index (χ1v) is 4.41. The summed E-state index contributed by atoms with van der Waals surface area (Å²) in [5.74, 6) is -0.260. The molecule has 0 heterocycles. The third-order valence-electron chi connectivity index (χ3n) is 1.86. The Morgan fingerprint density at radius 3 is 2.79 bits per heavy atom. The SMILES string of the molecule is C[C@@H](CO)NC(=O)c1ccccc1N. The summed E-state index contributed by atoms with van der Waals surface area (Å²) in [5.41, 5.74) is 6.49. The molecule has 1 amide bonds. The van der Waals surface area contributed by atoms with Crippen molar-refractivity contribution in [1.29, 1.82) is 0 Å². The van der Waals surface area contributed by atoms with E-state index in [1.165, 1.54) is 0 Å². The van der Waals surface area contributed by atoms with E-state index in [0.717, 1.165) is 0 Å². The van der Waals surface area contributed by atoms with Gasteiger partial charge in [-0.3, -0.25) is 4.79 Å². The number of rotatable bonds is 3. The lowest BCUT2D eigenvalue weighted by molar-refractivity contribution is 0.0923. The van der Waals surface area contributed by atoms with Gasteiger partial charge in [0.05, 0.1) is 12.2 Å². The number of para-hydroxylation sites is 1. The van der Waals surface area contributed by atoms with Gasteiger partial charge < -0.3 is 16.2 Å². The molecule has 0 fully saturated rings. The predicted molar refractivity (Wildman–Crippen MR) is 54.9 cm³/mol. The second-order valence-corrected chi connectivity index (χ2v) is 3.14. The van der Waals surface area contributed by atoms with Gasteiger partial charge in [-0.2, -0.15) is 0 Å². The lowest BCUT2D eigenvalue weighted by Crippen LogP contribution is -2.35. The number of nitrogen functional groups attached to an aromatic ring is 1. The van der Waals surface area contributed by atoms with Gasteiger partial charge >= 0.3 is 0 Å². The van der Waals surface area contributed by atoms with E-state index < -0.39 is 0 Å². The van der Waals surface area contributed by atoms with Gasteiger partial charge in [0.15, 0.2) is 0 Å². The van der Waals surface area contributed by atoms with Crippen LogP contribution in [0.15, 0.2) is 24.3 Å². The van der Waals surface area contributed by atoms with Crippen LogP contribution in [0.25, 0.3) is 0 Å². The highest BCUT2D eigenvalue weighted by Gasteiger charge is 2.10. The molecule has 4 heteroatoms. The number of anilines is 1. The van der Waals surface area contributed by atoms with E-state index in [4.69, 9.17) is 10.8 Å². The number of carbonyl (C=O) groups is 1. The lowest BCUT2D eigenvalue weighted by atomic mass is 10.1. The Labute approximate surface area is 82.7 Å². The minimum absolute atomic E-state index is 0.0848. The fraction of sp³-hybridized carbons (Fsp3) is 0.300. The molecule has 1 aromatic carbocycles. The van der Waals surface area contributed by atoms with Gasteiger partial charge in [-0.15, -0.1) is 0 Å². The van der Waals surface area contributed by atoms with Crippen molar-refractivity contribution in [1.82, 2.24) is 5.32 Å². The highest BCUT2D eigenvalue weighted by atomic mass is 16.3. The smallest absolute Gasteiger partial charge is 0.253 e. The summed E-state index contributed by atoms with van der Waals surface area (Å²) in [6.07, 6.45) is 0. The highest BCUT2D eigenvalue weighted by molar-refractivity contribution is 5.99. The van der Waals surface area contributed by atoms with E-state index in [-0.39, 0.29) is 18.6 Å². The first kappa shape index (κ1) is 10.5. The number of carbonyl (C=O) groups excluding carboxylic acids is 1. The zero-order chi connectivity index (χ0) is 10.6. The molecule has 0 aliphatic carbocycles. The van der Waals surface area contributed by atoms with Crippen LogP contribution in [-0.4, -0.2) is 23.7 Å². The van der Waals surface area contributed by atoms with Crippen LogP contribution in [0, 0.1) is 0 Å². The van der Waals surface area contributed by atoms with Crippen LogP contribution in [0.2, 0.25) is 0 Å². The summed E-state index contributed by atoms with van der Waals surface area (Å²) in [6, 6.07) is 6.56. The van der Waals surface area contributed by atoms with Crippen molar-refractivity contribution >= 4 is 11.6 Å². The van der Waals surface area contributed by atoms with Crippen molar-refractivity contribution < 1.29 is 9.90 Å². The number of nitrogens with one attached hydrogen (secondary N) is 1. The van der Waals surface area contributed by atoms with E-state index in [0.29, 0.717) is 11.3 Å². The third kappa shape index (κ3) is 2.47. The minimum Gasteiger partial charge on any atom is -0.398 e. The summed E-state index contributed by atoms with van der Waals surface area (Å²) in [7, 11) is 0. The Bertz CT molecular complexity index is 326. The lowest BCUT2D eigenvalue weighted by Gasteiger charge is -2.11. The van der Waals surface area contributed by atoms with Gasteiger partial charge in [0.25, 0.3) is 5.91 Å². The zero-order valence-corrected chi connectivity index (χ0v) is 8.03. The summed E-state index contributed by atoms with van der Waals surface area (Å²) in [4.78, 5) is 11.5. The number of aliphatic hydroxyl groups is 1. The molecule has 0 saturated heterocycles. The number of amides is 1. The van der Waals surface area contributed by atoms with Gasteiger partial charge in [0.2, 0.25) is 0 Å². The van der Waals surface area contributed by atoms with Crippen LogP contribution in [0.1, 0.15) is 17.3 Å². The minimum atomic E-state index is -0.262. The molecular formula is C10H14N2O2. The number of nitrogens with two attached hydrogens (primary N) is 1. The Hall–Kier alpha value is -1.55. The van der Waals surface area contributed by atoms with Gasteiger partial charge in [-0.25, -0.2) is 0 Å². The molecule has 76 valence electrons. The van der Waals surface area contributed by atoms with Gasteiger partial charge in [-0.1, -0.05) is 12.1 Å². The second-order valence-electron chi connectivity index (χ2n) is 3.14. The van der Waals surface area contributed by atoms with Crippen LogP contribution in [0.4, 0.5) is 5.69 Å². The number of hydrogen-bond acceptors (Lipinski definition) is 3. The zero-order valence-electron chi connectivity index (χ0n) is 8.03. The average molecular weight is 194 g/mol. The topological polar surface area (TPSA) is 75.3 Å². The van der Waals surface area contributed by atoms with Crippen molar-refractivity contribution in [3.8, 4) is 0 Å². The fourth-order valence-corrected chi connectivity index (χ4v) is 1.05. The van der Waals surface area contributed by atoms with Crippen LogP contribution < -0.4 is 11.1 Å². The summed E-state index contributed by atoms with van der Waals surface area (Å²) in [6.45, 7) is 1.63. The molecular weight excluding hydrogens is 180 g/mol. The van der Waals surface area contributed by atoms with Crippen molar-refractivity contribution in [2.45, 2.75) is 13.0 Å². The van der Waals surface area contributed by atoms with E-state index >= 15 is 0 Å². The molecule has 14 heavy (non-hydrogen) atoms. The van der Waals surface area contributed by atoms with Crippen molar-refractivity contribution in [3.63, 3.8) is 0 Å². The van der Waals surface area contributed by atoms with E-state index in [2.05, 4.69) is 5.32 Å². The van der Waals surface area contributed by atoms with Gasteiger partial charge in [0.1, 0.15) is 0 Å². The number of hydrogen-bond donors (Lipinski definition) is 3. The first-order chi connectivity index (χ1) is 6.65. The van der Waals surface area contributed by atoms with Crippen LogP contribution >= 0.6 is 0 Å². The quantitative estimate of drug-likeness (QED) is 0.609. The predicted octanol–water partition coefficient (Wildman–Crippen LogP) is 0.379. The molecule has 1 atom stereocenters. The number of aliphatic hydroxyl groups excluding tert-OH is 1. The molecule has 0 spiro atoms. The Balaban J connectivity index is 2.75. The first-order valence-electron chi connectivity index (χ1n) is 4.41. The van der Waals surface area contributed by atoms with Gasteiger partial charge in [-0.05, 0) is 19.1 Å². The highest BCUT2D eigenvalue weighted by Crippen LogP contribution is 2.09. The molecule has 4 N–H and O–H groups in total. The summed E-state index contributed by atoms with van der Waals surface area (Å²) >= 11 is 0. The molecule has 0 radical (unpaired) electrons. The van der Waals surface area contributed by atoms with Crippen LogP contribution in [-0.2, 0) is 0 Å². The molecule has 0 saturated carbocycles. The summed E-state index contributed by atoms with van der Waals surface area (Å²) in [5, 5.41) is 11.4. The van der Waals surface area contributed by atoms with Crippen LogP contribution in [0.5, 0.6) is 0 Å². The maximum atomic E-state index is 11.5. The standard InChI is InChI=1S/C10H14N2O2/c1-7(6-13)12-10(14)8-4-2-3-5-9(8)11/h2-5,7,13H,6,11H2,1H3,(H,12,14)/t7-/m0/s1. The Morgan fingerprint density at radius 2 is 2.21 bits per heavy atom. The van der Waals surface area contributed by atoms with E-state index in [1.807, 2.05) is 0 Å². The maximum Gasteiger partial charge on any atom is 0.253 e. The van der Waals surface area contributed by atoms with Crippen LogP contribution in [0.3, 0.4) is 0 Å². The molecule has 4 nitrogen and oxygen atoms in total. The Kier molecular flexibility index (Phi) is 3.48. The third-order valence-corrected chi connectivity index (χ3v) is 1.86. The fourth-order valence-electron chi connectivity index (χ4n) is 1.05. The Morgan fingerprint density at radius 1 is 1.57 bits per heavy atom. The van der Waals surface area contributed by atoms with Crippen molar-refractivity contribution in [2.24, 2.45) is 0 Å². The normalized spacial score (nSPS) is 12.1. The molecule has 0 unspecified atom stereocenters.